The van der Waals surface area contributed by atoms with Crippen molar-refractivity contribution in [3.8, 4) is 11.4 Å². The molecule has 0 N–H and O–H groups in total. The lowest BCUT2D eigenvalue weighted by Crippen LogP contribution is -2.34. The Bertz CT molecular complexity index is 1170. The van der Waals surface area contributed by atoms with E-state index in [1.165, 1.54) is 40.9 Å². The van der Waals surface area contributed by atoms with E-state index in [-0.39, 0.29) is 10.8 Å². The van der Waals surface area contributed by atoms with E-state index in [9.17, 15) is 18.0 Å². The normalized spacial score (nSPS) is 15.5. The molecule has 1 aliphatic rings. The standard InChI is InChI=1S/C25H28ClF3N4O2/c1-31-22(17-32-14-11-18(12-15-32)4-2-5-19-6-3-13-30-16-19)23(26)24(34)33(31)20-7-9-21(10-8-20)35-25(27,28)29/h3,6-10,13,16,18H,2,4-5,11-12,14-15,17H2,1H3. The summed E-state index contributed by atoms with van der Waals surface area (Å²) in [6.45, 7) is 2.39. The van der Waals surface area contributed by atoms with Crippen LogP contribution in [0.15, 0.2) is 53.6 Å². The molecular weight excluding hydrogens is 481 g/mol. The summed E-state index contributed by atoms with van der Waals surface area (Å²) in [4.78, 5) is 19.3. The summed E-state index contributed by atoms with van der Waals surface area (Å²) >= 11 is 6.40. The van der Waals surface area contributed by atoms with Crippen molar-refractivity contribution in [1.29, 1.82) is 0 Å². The van der Waals surface area contributed by atoms with Gasteiger partial charge in [0.05, 0.1) is 11.4 Å². The molecule has 0 saturated carbocycles. The fourth-order valence-corrected chi connectivity index (χ4v) is 4.91. The highest BCUT2D eigenvalue weighted by molar-refractivity contribution is 6.31. The second-order valence-electron chi connectivity index (χ2n) is 8.92. The Morgan fingerprint density at radius 2 is 1.86 bits per heavy atom. The van der Waals surface area contributed by atoms with E-state index in [0.717, 1.165) is 38.8 Å². The van der Waals surface area contributed by atoms with Gasteiger partial charge in [-0.2, -0.15) is 0 Å². The molecule has 188 valence electrons. The molecule has 3 aromatic rings. The van der Waals surface area contributed by atoms with Crippen LogP contribution in [0.3, 0.4) is 0 Å². The Kier molecular flexibility index (Phi) is 7.86. The van der Waals surface area contributed by atoms with Crippen LogP contribution < -0.4 is 10.3 Å². The minimum atomic E-state index is -4.77. The fraction of sp³-hybridized carbons (Fsp3) is 0.440. The zero-order valence-corrected chi connectivity index (χ0v) is 20.2. The lowest BCUT2D eigenvalue weighted by molar-refractivity contribution is -0.274. The number of aromatic nitrogens is 3. The maximum atomic E-state index is 12.8. The first-order chi connectivity index (χ1) is 16.7. The van der Waals surface area contributed by atoms with Crippen molar-refractivity contribution in [1.82, 2.24) is 19.2 Å². The molecule has 4 rings (SSSR count). The van der Waals surface area contributed by atoms with E-state index >= 15 is 0 Å². The minimum Gasteiger partial charge on any atom is -0.406 e. The van der Waals surface area contributed by atoms with Gasteiger partial charge < -0.3 is 4.74 Å². The summed E-state index contributed by atoms with van der Waals surface area (Å²) in [6.07, 6.45) is 4.51. The van der Waals surface area contributed by atoms with Crippen LogP contribution in [0.2, 0.25) is 5.02 Å². The SMILES string of the molecule is Cn1c(CN2CCC(CCCc3cccnc3)CC2)c(Cl)c(=O)n1-c1ccc(OC(F)(F)F)cc1. The van der Waals surface area contributed by atoms with Gasteiger partial charge in [-0.25, -0.2) is 4.68 Å². The lowest BCUT2D eigenvalue weighted by Gasteiger charge is -2.32. The van der Waals surface area contributed by atoms with Crippen LogP contribution in [-0.4, -0.2) is 38.7 Å². The van der Waals surface area contributed by atoms with Gasteiger partial charge in [0.15, 0.2) is 0 Å². The van der Waals surface area contributed by atoms with E-state index in [2.05, 4.69) is 20.7 Å². The summed E-state index contributed by atoms with van der Waals surface area (Å²) in [5, 5.41) is 0.127. The molecule has 0 unspecified atom stereocenters. The third-order valence-corrected chi connectivity index (χ3v) is 6.90. The van der Waals surface area contributed by atoms with Crippen molar-refractivity contribution >= 4 is 11.6 Å². The van der Waals surface area contributed by atoms with Crippen LogP contribution in [0.5, 0.6) is 5.75 Å². The molecule has 2 aromatic heterocycles. The molecule has 0 bridgehead atoms. The van der Waals surface area contributed by atoms with E-state index in [1.54, 1.807) is 17.9 Å². The van der Waals surface area contributed by atoms with Crippen molar-refractivity contribution in [3.05, 3.63) is 75.4 Å². The maximum absolute atomic E-state index is 12.8. The summed E-state index contributed by atoms with van der Waals surface area (Å²) < 4.78 is 44.2. The zero-order valence-electron chi connectivity index (χ0n) is 19.5. The Morgan fingerprint density at radius 1 is 1.14 bits per heavy atom. The van der Waals surface area contributed by atoms with Gasteiger partial charge in [0.25, 0.3) is 5.56 Å². The first kappa shape index (κ1) is 25.3. The number of aryl methyl sites for hydroxylation is 1. The number of pyridine rings is 1. The molecule has 0 radical (unpaired) electrons. The second kappa shape index (κ2) is 10.9. The molecule has 3 heterocycles. The molecule has 0 spiro atoms. The first-order valence-corrected chi connectivity index (χ1v) is 12.0. The molecule has 10 heteroatoms. The van der Waals surface area contributed by atoms with E-state index in [4.69, 9.17) is 11.6 Å². The quantitative estimate of drug-likeness (QED) is 0.411. The smallest absolute Gasteiger partial charge is 0.406 e. The number of hydrogen-bond acceptors (Lipinski definition) is 4. The number of alkyl halides is 3. The van der Waals surface area contributed by atoms with Gasteiger partial charge in [-0.3, -0.25) is 19.4 Å². The highest BCUT2D eigenvalue weighted by Gasteiger charge is 2.31. The highest BCUT2D eigenvalue weighted by atomic mass is 35.5. The van der Waals surface area contributed by atoms with Crippen LogP contribution in [-0.2, 0) is 20.0 Å². The van der Waals surface area contributed by atoms with E-state index in [1.807, 2.05) is 12.3 Å². The van der Waals surface area contributed by atoms with Crippen LogP contribution in [0.1, 0.15) is 36.9 Å². The predicted molar refractivity (Wildman–Crippen MR) is 128 cm³/mol. The third kappa shape index (κ3) is 6.46. The van der Waals surface area contributed by atoms with Crippen molar-refractivity contribution in [3.63, 3.8) is 0 Å². The molecule has 35 heavy (non-hydrogen) atoms. The lowest BCUT2D eigenvalue weighted by atomic mass is 9.91. The number of benzene rings is 1. The number of halogens is 4. The van der Waals surface area contributed by atoms with Gasteiger partial charge in [-0.05, 0) is 80.6 Å². The average Bonchev–Trinajstić information content (AvgIpc) is 3.03. The average molecular weight is 509 g/mol. The van der Waals surface area contributed by atoms with Crippen LogP contribution in [0.25, 0.3) is 5.69 Å². The topological polar surface area (TPSA) is 52.3 Å². The van der Waals surface area contributed by atoms with Crippen molar-refractivity contribution in [2.45, 2.75) is 45.0 Å². The summed E-state index contributed by atoms with van der Waals surface area (Å²) in [5.41, 5.74) is 1.96. The molecule has 0 aliphatic carbocycles. The van der Waals surface area contributed by atoms with Crippen LogP contribution in [0, 0.1) is 5.92 Å². The number of ether oxygens (including phenoxy) is 1. The second-order valence-corrected chi connectivity index (χ2v) is 9.29. The summed E-state index contributed by atoms with van der Waals surface area (Å²) in [5.74, 6) is 0.336. The highest BCUT2D eigenvalue weighted by Crippen LogP contribution is 2.27. The predicted octanol–water partition coefficient (Wildman–Crippen LogP) is 5.36. The van der Waals surface area contributed by atoms with Gasteiger partial charge in [0.2, 0.25) is 0 Å². The zero-order chi connectivity index (χ0) is 25.0. The van der Waals surface area contributed by atoms with Gasteiger partial charge in [-0.1, -0.05) is 24.1 Å². The van der Waals surface area contributed by atoms with Crippen molar-refractivity contribution in [2.24, 2.45) is 13.0 Å². The van der Waals surface area contributed by atoms with Crippen LogP contribution >= 0.6 is 11.6 Å². The van der Waals surface area contributed by atoms with Crippen molar-refractivity contribution in [2.75, 3.05) is 13.1 Å². The Hall–Kier alpha value is -2.78. The number of nitrogens with zero attached hydrogens (tertiary/aromatic N) is 4. The molecule has 6 nitrogen and oxygen atoms in total. The van der Waals surface area contributed by atoms with E-state index in [0.29, 0.717) is 23.8 Å². The van der Waals surface area contributed by atoms with E-state index < -0.39 is 11.9 Å². The number of likely N-dealkylation sites (tertiary alicyclic amines) is 1. The molecule has 1 saturated heterocycles. The van der Waals surface area contributed by atoms with Gasteiger partial charge in [-0.15, -0.1) is 13.2 Å². The number of rotatable bonds is 8. The first-order valence-electron chi connectivity index (χ1n) is 11.6. The molecular formula is C25H28ClF3N4O2. The van der Waals surface area contributed by atoms with Gasteiger partial charge in [0, 0.05) is 26.0 Å². The fourth-order valence-electron chi connectivity index (χ4n) is 4.65. The van der Waals surface area contributed by atoms with Crippen LogP contribution in [0.4, 0.5) is 13.2 Å². The molecule has 1 aromatic carbocycles. The summed E-state index contributed by atoms with van der Waals surface area (Å²) in [7, 11) is 1.73. The Morgan fingerprint density at radius 3 is 2.49 bits per heavy atom. The Labute approximate surface area is 206 Å². The number of piperidine rings is 1. The maximum Gasteiger partial charge on any atom is 0.573 e. The summed E-state index contributed by atoms with van der Waals surface area (Å²) in [6, 6.07) is 9.24. The molecule has 0 atom stereocenters. The van der Waals surface area contributed by atoms with Gasteiger partial charge >= 0.3 is 6.36 Å². The Balaban J connectivity index is 1.35. The van der Waals surface area contributed by atoms with Crippen molar-refractivity contribution < 1.29 is 17.9 Å². The number of hydrogen-bond donors (Lipinski definition) is 0. The monoisotopic (exact) mass is 508 g/mol. The molecule has 1 fully saturated rings. The van der Waals surface area contributed by atoms with Gasteiger partial charge in [0.1, 0.15) is 10.8 Å². The third-order valence-electron chi connectivity index (χ3n) is 6.52. The minimum absolute atomic E-state index is 0.127. The largest absolute Gasteiger partial charge is 0.573 e. The molecule has 0 amide bonds. The molecule has 1 aliphatic heterocycles.